The molecular formula is C14H16BrClN2O. The number of hydrogen-bond donors (Lipinski definition) is 1. The average molecular weight is 344 g/mol. The Kier molecular flexibility index (Phi) is 4.77. The van der Waals surface area contributed by atoms with Crippen molar-refractivity contribution in [2.45, 2.75) is 20.0 Å². The van der Waals surface area contributed by atoms with E-state index < -0.39 is 0 Å². The molecule has 102 valence electrons. The third-order valence-electron chi connectivity index (χ3n) is 2.87. The predicted molar refractivity (Wildman–Crippen MR) is 83.1 cm³/mol. The number of aryl methyl sites for hydroxylation is 1. The van der Waals surface area contributed by atoms with Crippen molar-refractivity contribution >= 4 is 33.2 Å². The van der Waals surface area contributed by atoms with Crippen molar-refractivity contribution in [1.82, 2.24) is 4.57 Å². The number of anilines is 1. The van der Waals surface area contributed by atoms with Gasteiger partial charge in [-0.05, 0) is 46.6 Å². The molecule has 1 heterocycles. The molecule has 1 N–H and O–H groups in total. The Balaban J connectivity index is 2.14. The Bertz CT molecular complexity index is 569. The molecule has 0 bridgehead atoms. The van der Waals surface area contributed by atoms with Crippen LogP contribution in [0.2, 0.25) is 5.02 Å². The highest BCUT2D eigenvalue weighted by Gasteiger charge is 2.09. The molecule has 0 atom stereocenters. The number of ether oxygens (including phenoxy) is 1. The molecule has 0 aliphatic carbocycles. The van der Waals surface area contributed by atoms with Gasteiger partial charge in [0.05, 0.1) is 17.3 Å². The zero-order valence-electron chi connectivity index (χ0n) is 10.9. The molecular weight excluding hydrogens is 328 g/mol. The van der Waals surface area contributed by atoms with Crippen LogP contribution in [-0.2, 0) is 13.1 Å². The van der Waals surface area contributed by atoms with Crippen molar-refractivity contribution in [1.29, 1.82) is 0 Å². The Morgan fingerprint density at radius 1 is 1.42 bits per heavy atom. The van der Waals surface area contributed by atoms with E-state index in [4.69, 9.17) is 16.3 Å². The number of aromatic nitrogens is 1. The van der Waals surface area contributed by atoms with Crippen LogP contribution in [-0.4, -0.2) is 11.7 Å². The van der Waals surface area contributed by atoms with Gasteiger partial charge in [-0.15, -0.1) is 0 Å². The van der Waals surface area contributed by atoms with Crippen LogP contribution in [0.5, 0.6) is 5.75 Å². The summed E-state index contributed by atoms with van der Waals surface area (Å²) in [7, 11) is 1.65. The molecule has 0 spiro atoms. The maximum absolute atomic E-state index is 6.06. The highest BCUT2D eigenvalue weighted by atomic mass is 79.9. The zero-order valence-corrected chi connectivity index (χ0v) is 13.3. The van der Waals surface area contributed by atoms with E-state index in [1.165, 1.54) is 5.56 Å². The molecule has 0 aliphatic heterocycles. The lowest BCUT2D eigenvalue weighted by molar-refractivity contribution is 0.414. The van der Waals surface area contributed by atoms with Crippen molar-refractivity contribution in [2.24, 2.45) is 0 Å². The first kappa shape index (κ1) is 14.3. The van der Waals surface area contributed by atoms with E-state index in [2.05, 4.69) is 51.2 Å². The standard InChI is InChI=1S/C14H16BrClN2O/c1-3-18-5-4-10(9-18)8-17-13-7-11(16)6-12(15)14(13)19-2/h4-7,9,17H,3,8H2,1-2H3. The Morgan fingerprint density at radius 3 is 2.84 bits per heavy atom. The van der Waals surface area contributed by atoms with Crippen molar-refractivity contribution in [2.75, 3.05) is 12.4 Å². The van der Waals surface area contributed by atoms with Crippen LogP contribution in [0.25, 0.3) is 0 Å². The summed E-state index contributed by atoms with van der Waals surface area (Å²) in [6.07, 6.45) is 4.20. The maximum atomic E-state index is 6.06. The molecule has 0 saturated carbocycles. The van der Waals surface area contributed by atoms with Gasteiger partial charge in [-0.3, -0.25) is 0 Å². The first-order valence-electron chi connectivity index (χ1n) is 6.05. The smallest absolute Gasteiger partial charge is 0.156 e. The molecule has 0 saturated heterocycles. The Hall–Kier alpha value is -1.13. The molecule has 0 fully saturated rings. The average Bonchev–Trinajstić information content (AvgIpc) is 2.83. The highest BCUT2D eigenvalue weighted by Crippen LogP contribution is 2.36. The fourth-order valence-corrected chi connectivity index (χ4v) is 2.86. The molecule has 1 aromatic heterocycles. The Labute approximate surface area is 126 Å². The summed E-state index contributed by atoms with van der Waals surface area (Å²) in [6.45, 7) is 3.83. The van der Waals surface area contributed by atoms with Gasteiger partial charge >= 0.3 is 0 Å². The fraction of sp³-hybridized carbons (Fsp3) is 0.286. The largest absolute Gasteiger partial charge is 0.493 e. The lowest BCUT2D eigenvalue weighted by Crippen LogP contribution is -2.01. The minimum atomic E-state index is 0.668. The molecule has 3 nitrogen and oxygen atoms in total. The fourth-order valence-electron chi connectivity index (χ4n) is 1.89. The van der Waals surface area contributed by atoms with Crippen LogP contribution < -0.4 is 10.1 Å². The second kappa shape index (κ2) is 6.35. The van der Waals surface area contributed by atoms with Gasteiger partial charge in [0.25, 0.3) is 0 Å². The van der Waals surface area contributed by atoms with Gasteiger partial charge in [-0.25, -0.2) is 0 Å². The number of hydrogen-bond acceptors (Lipinski definition) is 2. The third-order valence-corrected chi connectivity index (χ3v) is 3.68. The quantitative estimate of drug-likeness (QED) is 0.862. The van der Waals surface area contributed by atoms with Gasteiger partial charge in [0.15, 0.2) is 5.75 Å². The molecule has 5 heteroatoms. The zero-order chi connectivity index (χ0) is 13.8. The van der Waals surface area contributed by atoms with Crippen molar-refractivity contribution in [3.05, 3.63) is 45.7 Å². The topological polar surface area (TPSA) is 26.2 Å². The van der Waals surface area contributed by atoms with Gasteiger partial charge in [-0.2, -0.15) is 0 Å². The normalized spacial score (nSPS) is 10.5. The minimum absolute atomic E-state index is 0.668. The second-order valence-electron chi connectivity index (χ2n) is 4.17. The van der Waals surface area contributed by atoms with Crippen LogP contribution in [0.4, 0.5) is 5.69 Å². The summed E-state index contributed by atoms with van der Waals surface area (Å²) in [5.74, 6) is 0.763. The summed E-state index contributed by atoms with van der Waals surface area (Å²) in [5, 5.41) is 4.01. The number of nitrogens with one attached hydrogen (secondary N) is 1. The molecule has 1 aromatic carbocycles. The summed E-state index contributed by atoms with van der Waals surface area (Å²) >= 11 is 9.50. The molecule has 0 amide bonds. The number of benzene rings is 1. The van der Waals surface area contributed by atoms with Gasteiger partial charge in [-0.1, -0.05) is 11.6 Å². The molecule has 19 heavy (non-hydrogen) atoms. The van der Waals surface area contributed by atoms with Crippen LogP contribution in [0.1, 0.15) is 12.5 Å². The SMILES string of the molecule is CCn1ccc(CNc2cc(Cl)cc(Br)c2OC)c1. The lowest BCUT2D eigenvalue weighted by atomic mass is 10.2. The second-order valence-corrected chi connectivity index (χ2v) is 5.46. The highest BCUT2D eigenvalue weighted by molar-refractivity contribution is 9.10. The van der Waals surface area contributed by atoms with Crippen LogP contribution in [0, 0.1) is 0 Å². The summed E-state index contributed by atoms with van der Waals surface area (Å²) in [6, 6.07) is 5.78. The van der Waals surface area contributed by atoms with E-state index >= 15 is 0 Å². The van der Waals surface area contributed by atoms with E-state index in [1.807, 2.05) is 12.1 Å². The Morgan fingerprint density at radius 2 is 2.21 bits per heavy atom. The van der Waals surface area contributed by atoms with Gasteiger partial charge in [0.1, 0.15) is 0 Å². The van der Waals surface area contributed by atoms with Crippen molar-refractivity contribution in [3.8, 4) is 5.75 Å². The van der Waals surface area contributed by atoms with E-state index in [1.54, 1.807) is 7.11 Å². The van der Waals surface area contributed by atoms with Crippen molar-refractivity contribution < 1.29 is 4.74 Å². The van der Waals surface area contributed by atoms with Crippen molar-refractivity contribution in [3.63, 3.8) is 0 Å². The number of methoxy groups -OCH3 is 1. The number of nitrogens with zero attached hydrogens (tertiary/aromatic N) is 1. The molecule has 0 radical (unpaired) electrons. The van der Waals surface area contributed by atoms with E-state index in [9.17, 15) is 0 Å². The first-order valence-corrected chi connectivity index (χ1v) is 7.22. The lowest BCUT2D eigenvalue weighted by Gasteiger charge is -2.12. The predicted octanol–water partition coefficient (Wildman–Crippen LogP) is 4.54. The van der Waals surface area contributed by atoms with Gasteiger partial charge in [0, 0.05) is 30.5 Å². The van der Waals surface area contributed by atoms with Gasteiger partial charge < -0.3 is 14.6 Å². The van der Waals surface area contributed by atoms with E-state index in [-0.39, 0.29) is 0 Å². The first-order chi connectivity index (χ1) is 9.13. The summed E-state index contributed by atoms with van der Waals surface area (Å²) in [4.78, 5) is 0. The molecule has 2 aromatic rings. The van der Waals surface area contributed by atoms with Crippen LogP contribution in [0.3, 0.4) is 0 Å². The molecule has 0 aliphatic rings. The summed E-state index contributed by atoms with van der Waals surface area (Å²) in [5.41, 5.74) is 2.10. The molecule has 0 unspecified atom stereocenters. The van der Waals surface area contributed by atoms with E-state index in [0.29, 0.717) is 5.02 Å². The maximum Gasteiger partial charge on any atom is 0.156 e. The number of halogens is 2. The number of rotatable bonds is 5. The monoisotopic (exact) mass is 342 g/mol. The third kappa shape index (κ3) is 3.45. The molecule has 2 rings (SSSR count). The van der Waals surface area contributed by atoms with Gasteiger partial charge in [0.2, 0.25) is 0 Å². The van der Waals surface area contributed by atoms with E-state index in [0.717, 1.165) is 29.0 Å². The minimum Gasteiger partial charge on any atom is -0.493 e. The summed E-state index contributed by atoms with van der Waals surface area (Å²) < 4.78 is 8.36. The van der Waals surface area contributed by atoms with Crippen LogP contribution in [0.15, 0.2) is 35.1 Å². The van der Waals surface area contributed by atoms with Crippen LogP contribution >= 0.6 is 27.5 Å².